The smallest absolute Gasteiger partial charge is 0.232 e. The molecule has 0 spiro atoms. The van der Waals surface area contributed by atoms with Gasteiger partial charge in [-0.15, -0.1) is 0 Å². The largest absolute Gasteiger partial charge is 0.368 e. The van der Waals surface area contributed by atoms with Crippen LogP contribution in [-0.2, 0) is 4.79 Å². The lowest BCUT2D eigenvalue weighted by atomic mass is 10.1. The summed E-state index contributed by atoms with van der Waals surface area (Å²) in [5, 5.41) is 0. The van der Waals surface area contributed by atoms with Crippen LogP contribution in [0.2, 0.25) is 0 Å². The Balaban J connectivity index is 2.00. The molecule has 0 saturated carbocycles. The third-order valence-electron chi connectivity index (χ3n) is 3.82. The Bertz CT molecular complexity index is 453. The van der Waals surface area contributed by atoms with Gasteiger partial charge in [0.15, 0.2) is 0 Å². The molecule has 0 bridgehead atoms. The van der Waals surface area contributed by atoms with Gasteiger partial charge in [0.2, 0.25) is 5.91 Å². The van der Waals surface area contributed by atoms with Crippen LogP contribution in [0.5, 0.6) is 0 Å². The van der Waals surface area contributed by atoms with Crippen LogP contribution in [0.1, 0.15) is 11.1 Å². The van der Waals surface area contributed by atoms with E-state index in [1.807, 2.05) is 11.2 Å². The molecular formula is C15H22N2OS. The van der Waals surface area contributed by atoms with Crippen LogP contribution in [0.25, 0.3) is 0 Å². The monoisotopic (exact) mass is 278 g/mol. The zero-order valence-electron chi connectivity index (χ0n) is 12.0. The minimum Gasteiger partial charge on any atom is -0.368 e. The quantitative estimate of drug-likeness (QED) is 0.848. The molecule has 0 radical (unpaired) electrons. The fourth-order valence-corrected chi connectivity index (χ4v) is 2.92. The molecule has 104 valence electrons. The van der Waals surface area contributed by atoms with Gasteiger partial charge in [-0.3, -0.25) is 4.79 Å². The Labute approximate surface area is 120 Å². The first-order chi connectivity index (χ1) is 9.13. The number of carbonyl (C=O) groups excluding carboxylic acids is 1. The lowest BCUT2D eigenvalue weighted by molar-refractivity contribution is -0.128. The molecule has 19 heavy (non-hydrogen) atoms. The molecule has 1 amide bonds. The van der Waals surface area contributed by atoms with Gasteiger partial charge < -0.3 is 9.80 Å². The number of nitrogens with zero attached hydrogens (tertiary/aromatic N) is 2. The third kappa shape index (κ3) is 3.24. The number of aryl methyl sites for hydroxylation is 1. The molecule has 1 aliphatic heterocycles. The molecule has 3 nitrogen and oxygen atoms in total. The first-order valence-electron chi connectivity index (χ1n) is 6.71. The van der Waals surface area contributed by atoms with Crippen LogP contribution in [-0.4, -0.2) is 49.0 Å². The minimum absolute atomic E-state index is 0.271. The van der Waals surface area contributed by atoms with E-state index in [1.54, 1.807) is 11.8 Å². The maximum absolute atomic E-state index is 11.8. The van der Waals surface area contributed by atoms with E-state index >= 15 is 0 Å². The van der Waals surface area contributed by atoms with Crippen molar-refractivity contribution in [1.82, 2.24) is 4.90 Å². The molecule has 0 aliphatic carbocycles. The van der Waals surface area contributed by atoms with Gasteiger partial charge in [-0.1, -0.05) is 12.1 Å². The van der Waals surface area contributed by atoms with Crippen LogP contribution >= 0.6 is 11.8 Å². The van der Waals surface area contributed by atoms with Crippen LogP contribution in [0, 0.1) is 13.8 Å². The van der Waals surface area contributed by atoms with E-state index in [0.717, 1.165) is 26.2 Å². The number of amides is 1. The second kappa shape index (κ2) is 6.33. The Morgan fingerprint density at radius 1 is 1.21 bits per heavy atom. The summed E-state index contributed by atoms with van der Waals surface area (Å²) in [6.45, 7) is 7.88. The van der Waals surface area contributed by atoms with Gasteiger partial charge in [0.05, 0.1) is 5.75 Å². The Kier molecular flexibility index (Phi) is 4.75. The van der Waals surface area contributed by atoms with Crippen LogP contribution < -0.4 is 4.90 Å². The molecule has 4 heteroatoms. The van der Waals surface area contributed by atoms with E-state index in [9.17, 15) is 4.79 Å². The van der Waals surface area contributed by atoms with Crippen molar-refractivity contribution in [2.75, 3.05) is 43.1 Å². The molecule has 1 saturated heterocycles. The summed E-state index contributed by atoms with van der Waals surface area (Å²) in [7, 11) is 0. The number of rotatable bonds is 3. The van der Waals surface area contributed by atoms with Crippen molar-refractivity contribution in [3.05, 3.63) is 29.3 Å². The maximum Gasteiger partial charge on any atom is 0.232 e. The molecule has 1 aromatic carbocycles. The van der Waals surface area contributed by atoms with E-state index < -0.39 is 0 Å². The van der Waals surface area contributed by atoms with Gasteiger partial charge in [0.1, 0.15) is 0 Å². The van der Waals surface area contributed by atoms with Gasteiger partial charge in [-0.25, -0.2) is 0 Å². The summed E-state index contributed by atoms with van der Waals surface area (Å²) >= 11 is 1.60. The number of thioether (sulfide) groups is 1. The zero-order valence-corrected chi connectivity index (χ0v) is 12.8. The summed E-state index contributed by atoms with van der Waals surface area (Å²) in [6.07, 6.45) is 1.98. The molecule has 0 N–H and O–H groups in total. The molecule has 1 aromatic rings. The Hall–Kier alpha value is -1.16. The van der Waals surface area contributed by atoms with E-state index in [4.69, 9.17) is 0 Å². The molecule has 2 rings (SSSR count). The number of hydrogen-bond donors (Lipinski definition) is 0. The van der Waals surface area contributed by atoms with Crippen molar-refractivity contribution in [2.24, 2.45) is 0 Å². The van der Waals surface area contributed by atoms with E-state index in [-0.39, 0.29) is 5.91 Å². The lowest BCUT2D eigenvalue weighted by Crippen LogP contribution is -2.49. The Morgan fingerprint density at radius 2 is 1.89 bits per heavy atom. The highest BCUT2D eigenvalue weighted by molar-refractivity contribution is 7.99. The fraction of sp³-hybridized carbons (Fsp3) is 0.533. The second-order valence-electron chi connectivity index (χ2n) is 5.02. The van der Waals surface area contributed by atoms with Crippen molar-refractivity contribution >= 4 is 23.4 Å². The summed E-state index contributed by atoms with van der Waals surface area (Å²) in [4.78, 5) is 16.2. The van der Waals surface area contributed by atoms with Gasteiger partial charge in [-0.05, 0) is 37.3 Å². The van der Waals surface area contributed by atoms with Gasteiger partial charge >= 0.3 is 0 Å². The number of piperazine rings is 1. The fourth-order valence-electron chi connectivity index (χ4n) is 2.49. The van der Waals surface area contributed by atoms with Gasteiger partial charge in [0.25, 0.3) is 0 Å². The summed E-state index contributed by atoms with van der Waals surface area (Å²) in [5.74, 6) is 0.872. The SMILES string of the molecule is CSCC(=O)N1CCN(c2cccc(C)c2C)CC1. The van der Waals surface area contributed by atoms with Crippen LogP contribution in [0.4, 0.5) is 5.69 Å². The molecule has 0 unspecified atom stereocenters. The van der Waals surface area contributed by atoms with Crippen molar-refractivity contribution < 1.29 is 4.79 Å². The number of benzene rings is 1. The summed E-state index contributed by atoms with van der Waals surface area (Å²) < 4.78 is 0. The first kappa shape index (κ1) is 14.3. The van der Waals surface area contributed by atoms with Crippen molar-refractivity contribution in [2.45, 2.75) is 13.8 Å². The predicted molar refractivity (Wildman–Crippen MR) is 83.1 cm³/mol. The summed E-state index contributed by atoms with van der Waals surface area (Å²) in [6, 6.07) is 6.45. The minimum atomic E-state index is 0.271. The number of hydrogen-bond acceptors (Lipinski definition) is 3. The molecular weight excluding hydrogens is 256 g/mol. The van der Waals surface area contributed by atoms with E-state index in [2.05, 4.69) is 36.9 Å². The molecule has 0 atom stereocenters. The predicted octanol–water partition coefficient (Wildman–Crippen LogP) is 2.32. The highest BCUT2D eigenvalue weighted by atomic mass is 32.2. The topological polar surface area (TPSA) is 23.6 Å². The first-order valence-corrected chi connectivity index (χ1v) is 8.10. The number of anilines is 1. The molecule has 1 aliphatic rings. The maximum atomic E-state index is 11.8. The zero-order chi connectivity index (χ0) is 13.8. The van der Waals surface area contributed by atoms with E-state index in [1.165, 1.54) is 16.8 Å². The van der Waals surface area contributed by atoms with Crippen LogP contribution in [0.15, 0.2) is 18.2 Å². The molecule has 0 aromatic heterocycles. The number of carbonyl (C=O) groups is 1. The van der Waals surface area contributed by atoms with Crippen molar-refractivity contribution in [3.8, 4) is 0 Å². The average Bonchev–Trinajstić information content (AvgIpc) is 2.42. The standard InChI is InChI=1S/C15H22N2OS/c1-12-5-4-6-14(13(12)2)16-7-9-17(10-8-16)15(18)11-19-3/h4-6H,7-11H2,1-3H3. The van der Waals surface area contributed by atoms with Crippen LogP contribution in [0.3, 0.4) is 0 Å². The van der Waals surface area contributed by atoms with Gasteiger partial charge in [-0.2, -0.15) is 11.8 Å². The molecule has 1 fully saturated rings. The normalized spacial score (nSPS) is 15.7. The highest BCUT2D eigenvalue weighted by Gasteiger charge is 2.21. The van der Waals surface area contributed by atoms with Crippen molar-refractivity contribution in [1.29, 1.82) is 0 Å². The van der Waals surface area contributed by atoms with E-state index in [0.29, 0.717) is 5.75 Å². The summed E-state index contributed by atoms with van der Waals surface area (Å²) in [5.41, 5.74) is 4.00. The lowest BCUT2D eigenvalue weighted by Gasteiger charge is -2.37. The van der Waals surface area contributed by atoms with Crippen molar-refractivity contribution in [3.63, 3.8) is 0 Å². The second-order valence-corrected chi connectivity index (χ2v) is 5.89. The highest BCUT2D eigenvalue weighted by Crippen LogP contribution is 2.23. The van der Waals surface area contributed by atoms with Gasteiger partial charge in [0, 0.05) is 31.9 Å². The Morgan fingerprint density at radius 3 is 2.53 bits per heavy atom. The third-order valence-corrected chi connectivity index (χ3v) is 4.35. The average molecular weight is 278 g/mol. The molecule has 1 heterocycles.